The minimum atomic E-state index is -1.80. The quantitative estimate of drug-likeness (QED) is 0.331. The maximum atomic E-state index is 14.3. The predicted molar refractivity (Wildman–Crippen MR) is 120 cm³/mol. The lowest BCUT2D eigenvalue weighted by Gasteiger charge is -2.26. The first kappa shape index (κ1) is 22.2. The van der Waals surface area contributed by atoms with Crippen LogP contribution in [0.4, 0.5) is 4.39 Å². The van der Waals surface area contributed by atoms with Gasteiger partial charge in [0.15, 0.2) is 17.2 Å². The van der Waals surface area contributed by atoms with Crippen LogP contribution < -0.4 is 9.47 Å². The number of hydrogen-bond acceptors (Lipinski definition) is 5. The van der Waals surface area contributed by atoms with Crippen LogP contribution in [0, 0.1) is 5.82 Å². The lowest BCUT2D eigenvalue weighted by atomic mass is 9.88. The number of rotatable bonds is 7. The molecule has 3 aromatic carbocycles. The molecule has 1 unspecified atom stereocenters. The van der Waals surface area contributed by atoms with E-state index in [4.69, 9.17) is 14.2 Å². The van der Waals surface area contributed by atoms with Gasteiger partial charge in [-0.05, 0) is 47.5 Å². The standard InChI is InChI=1S/C25H20BrFO5/c1-30-19-9-3-15(4-10-19)14-32-25(23(28)16-5-7-18(26)8-6-16)13-17-11-21(27)22(31-2)12-20(17)24(25)29/h3-12H,13-14H2,1-2H3. The molecule has 0 N–H and O–H groups in total. The first-order chi connectivity index (χ1) is 15.4. The number of carbonyl (C=O) groups excluding carboxylic acids is 2. The van der Waals surface area contributed by atoms with E-state index in [0.717, 1.165) is 10.0 Å². The number of Topliss-reactive ketones (excluding diaryl/α,β-unsaturated/α-hetero) is 2. The van der Waals surface area contributed by atoms with Crippen molar-refractivity contribution < 1.29 is 28.2 Å². The maximum Gasteiger partial charge on any atom is 0.203 e. The van der Waals surface area contributed by atoms with Gasteiger partial charge < -0.3 is 14.2 Å². The molecular formula is C25H20BrFO5. The number of benzene rings is 3. The van der Waals surface area contributed by atoms with Crippen LogP contribution in [0.15, 0.2) is 65.1 Å². The molecule has 0 amide bonds. The lowest BCUT2D eigenvalue weighted by molar-refractivity contribution is -0.0169. The summed E-state index contributed by atoms with van der Waals surface area (Å²) in [7, 11) is 2.89. The molecule has 0 bridgehead atoms. The highest BCUT2D eigenvalue weighted by molar-refractivity contribution is 9.10. The molecule has 0 aliphatic heterocycles. The third-order valence-electron chi connectivity index (χ3n) is 5.55. The molecule has 4 rings (SSSR count). The lowest BCUT2D eigenvalue weighted by Crippen LogP contribution is -2.47. The van der Waals surface area contributed by atoms with Gasteiger partial charge in [0.05, 0.1) is 20.8 Å². The van der Waals surface area contributed by atoms with Crippen LogP contribution in [-0.2, 0) is 17.8 Å². The molecule has 1 aliphatic rings. The fourth-order valence-electron chi connectivity index (χ4n) is 3.80. The second-order valence-corrected chi connectivity index (χ2v) is 8.37. The largest absolute Gasteiger partial charge is 0.497 e. The zero-order valence-corrected chi connectivity index (χ0v) is 19.1. The summed E-state index contributed by atoms with van der Waals surface area (Å²) in [5.74, 6) is -0.951. The van der Waals surface area contributed by atoms with Gasteiger partial charge in [-0.15, -0.1) is 0 Å². The van der Waals surface area contributed by atoms with E-state index in [9.17, 15) is 14.0 Å². The molecule has 5 nitrogen and oxygen atoms in total. The van der Waals surface area contributed by atoms with E-state index in [-0.39, 0.29) is 24.3 Å². The zero-order chi connectivity index (χ0) is 22.9. The topological polar surface area (TPSA) is 61.8 Å². The van der Waals surface area contributed by atoms with Gasteiger partial charge in [-0.1, -0.05) is 40.2 Å². The second-order valence-electron chi connectivity index (χ2n) is 7.45. The Morgan fingerprint density at radius 3 is 2.34 bits per heavy atom. The molecule has 164 valence electrons. The third-order valence-corrected chi connectivity index (χ3v) is 6.07. The Morgan fingerprint density at radius 1 is 1.03 bits per heavy atom. The number of carbonyl (C=O) groups is 2. The average Bonchev–Trinajstić information content (AvgIpc) is 3.09. The maximum absolute atomic E-state index is 14.3. The first-order valence-electron chi connectivity index (χ1n) is 9.86. The summed E-state index contributed by atoms with van der Waals surface area (Å²) in [6.07, 6.45) is -0.0624. The Hall–Kier alpha value is -3.03. The van der Waals surface area contributed by atoms with Crippen LogP contribution in [0.25, 0.3) is 0 Å². The molecule has 1 atom stereocenters. The van der Waals surface area contributed by atoms with Crippen molar-refractivity contribution in [2.24, 2.45) is 0 Å². The van der Waals surface area contributed by atoms with Crippen molar-refractivity contribution in [2.45, 2.75) is 18.6 Å². The van der Waals surface area contributed by atoms with Gasteiger partial charge >= 0.3 is 0 Å². The van der Waals surface area contributed by atoms with Gasteiger partial charge in [0.1, 0.15) is 5.75 Å². The van der Waals surface area contributed by atoms with E-state index in [1.54, 1.807) is 55.6 Å². The third kappa shape index (κ3) is 3.94. The molecule has 0 fully saturated rings. The SMILES string of the molecule is COc1ccc(COC2(C(=O)c3ccc(Br)cc3)Cc3cc(F)c(OC)cc3C2=O)cc1. The molecular weight excluding hydrogens is 479 g/mol. The number of fused-ring (bicyclic) bond motifs is 1. The smallest absolute Gasteiger partial charge is 0.203 e. The first-order valence-corrected chi connectivity index (χ1v) is 10.7. The number of ether oxygens (including phenoxy) is 3. The van der Waals surface area contributed by atoms with Crippen LogP contribution in [0.5, 0.6) is 11.5 Å². The van der Waals surface area contributed by atoms with Gasteiger partial charge in [-0.25, -0.2) is 4.39 Å². The summed E-state index contributed by atoms with van der Waals surface area (Å²) in [5.41, 5.74) is -0.0655. The second kappa shape index (κ2) is 8.84. The van der Waals surface area contributed by atoms with Crippen molar-refractivity contribution in [3.05, 3.63) is 93.2 Å². The molecule has 0 radical (unpaired) electrons. The van der Waals surface area contributed by atoms with Crippen molar-refractivity contribution in [1.29, 1.82) is 0 Å². The van der Waals surface area contributed by atoms with E-state index in [2.05, 4.69) is 15.9 Å². The Morgan fingerprint density at radius 2 is 1.72 bits per heavy atom. The number of hydrogen-bond donors (Lipinski definition) is 0. The summed E-state index contributed by atoms with van der Waals surface area (Å²) in [6.45, 7) is 0.0195. The molecule has 0 spiro atoms. The Kier molecular flexibility index (Phi) is 6.13. The summed E-state index contributed by atoms with van der Waals surface area (Å²) < 4.78 is 31.4. The van der Waals surface area contributed by atoms with Crippen LogP contribution in [0.2, 0.25) is 0 Å². The fraction of sp³-hybridized carbons (Fsp3) is 0.200. The normalized spacial score (nSPS) is 17.2. The fourth-order valence-corrected chi connectivity index (χ4v) is 4.07. The monoisotopic (exact) mass is 498 g/mol. The predicted octanol–water partition coefficient (Wildman–Crippen LogP) is 5.18. The number of ketones is 2. The molecule has 0 saturated carbocycles. The number of halogens is 2. The van der Waals surface area contributed by atoms with E-state index in [1.807, 2.05) is 0 Å². The average molecular weight is 499 g/mol. The van der Waals surface area contributed by atoms with Crippen LogP contribution in [0.1, 0.15) is 31.8 Å². The van der Waals surface area contributed by atoms with Crippen LogP contribution in [-0.4, -0.2) is 31.4 Å². The summed E-state index contributed by atoms with van der Waals surface area (Å²) >= 11 is 3.35. The Balaban J connectivity index is 1.73. The minimum absolute atomic E-state index is 0.0195. The molecule has 3 aromatic rings. The molecule has 32 heavy (non-hydrogen) atoms. The Bertz CT molecular complexity index is 1170. The van der Waals surface area contributed by atoms with Gasteiger partial charge in [0.25, 0.3) is 0 Å². The Labute approximate surface area is 193 Å². The summed E-state index contributed by atoms with van der Waals surface area (Å²) in [6, 6.07) is 16.4. The minimum Gasteiger partial charge on any atom is -0.497 e. The zero-order valence-electron chi connectivity index (χ0n) is 17.5. The summed E-state index contributed by atoms with van der Waals surface area (Å²) in [4.78, 5) is 27.2. The van der Waals surface area contributed by atoms with E-state index in [0.29, 0.717) is 16.9 Å². The van der Waals surface area contributed by atoms with E-state index < -0.39 is 23.0 Å². The summed E-state index contributed by atoms with van der Waals surface area (Å²) in [5, 5.41) is 0. The van der Waals surface area contributed by atoms with Gasteiger partial charge in [-0.3, -0.25) is 9.59 Å². The van der Waals surface area contributed by atoms with Crippen LogP contribution >= 0.6 is 15.9 Å². The van der Waals surface area contributed by atoms with Crippen molar-refractivity contribution >= 4 is 27.5 Å². The number of methoxy groups -OCH3 is 2. The molecule has 0 saturated heterocycles. The van der Waals surface area contributed by atoms with Gasteiger partial charge in [0.2, 0.25) is 11.6 Å². The van der Waals surface area contributed by atoms with Gasteiger partial charge in [-0.2, -0.15) is 0 Å². The van der Waals surface area contributed by atoms with Gasteiger partial charge in [0, 0.05) is 22.0 Å². The van der Waals surface area contributed by atoms with Crippen molar-refractivity contribution in [1.82, 2.24) is 0 Å². The van der Waals surface area contributed by atoms with Crippen molar-refractivity contribution in [3.63, 3.8) is 0 Å². The highest BCUT2D eigenvalue weighted by atomic mass is 79.9. The van der Waals surface area contributed by atoms with E-state index in [1.165, 1.54) is 19.2 Å². The van der Waals surface area contributed by atoms with Crippen molar-refractivity contribution in [3.8, 4) is 11.5 Å². The van der Waals surface area contributed by atoms with Crippen LogP contribution in [0.3, 0.4) is 0 Å². The highest BCUT2D eigenvalue weighted by Crippen LogP contribution is 2.39. The highest BCUT2D eigenvalue weighted by Gasteiger charge is 2.53. The molecule has 0 aromatic heterocycles. The van der Waals surface area contributed by atoms with Crippen molar-refractivity contribution in [2.75, 3.05) is 14.2 Å². The molecule has 0 heterocycles. The van der Waals surface area contributed by atoms with E-state index >= 15 is 0 Å². The molecule has 1 aliphatic carbocycles. The molecule has 7 heteroatoms.